The molecule has 0 fully saturated rings. The molecule has 2 N–H and O–H groups in total. The number of benzene rings is 1. The van der Waals surface area contributed by atoms with Crippen molar-refractivity contribution in [2.75, 3.05) is 0 Å². The molecule has 1 aliphatic carbocycles. The van der Waals surface area contributed by atoms with Crippen molar-refractivity contribution in [2.24, 2.45) is 0 Å². The Hall–Kier alpha value is -2.25. The number of hydrogen-bond donors (Lipinski definition) is 2. The molecule has 0 saturated heterocycles. The molecular weight excluding hydrogens is 367 g/mol. The van der Waals surface area contributed by atoms with Gasteiger partial charge >= 0.3 is 0 Å². The minimum absolute atomic E-state index is 0.0116. The van der Waals surface area contributed by atoms with Gasteiger partial charge in [-0.15, -0.1) is 0 Å². The van der Waals surface area contributed by atoms with Gasteiger partial charge in [-0.2, -0.15) is 0 Å². The first-order valence-electron chi connectivity index (χ1n) is 8.76. The number of sulfonamides is 1. The van der Waals surface area contributed by atoms with Gasteiger partial charge in [-0.05, 0) is 56.5 Å². The monoisotopic (exact) mass is 390 g/mol. The molecule has 1 aliphatic rings. The fourth-order valence-electron chi connectivity index (χ4n) is 3.14. The smallest absolute Gasteiger partial charge is 0.242 e. The molecule has 2 aromatic rings. The first kappa shape index (κ1) is 19.5. The molecule has 144 valence electrons. The third-order valence-electron chi connectivity index (χ3n) is 4.36. The Morgan fingerprint density at radius 2 is 1.96 bits per heavy atom. The number of rotatable bonds is 4. The Morgan fingerprint density at radius 3 is 2.52 bits per heavy atom. The summed E-state index contributed by atoms with van der Waals surface area (Å²) in [6, 6.07) is 6.13. The number of allylic oxidation sites excluding steroid dienone is 1. The summed E-state index contributed by atoms with van der Waals surface area (Å²) in [7, 11) is -3.68. The standard InChI is InChI=1S/C20H23FN2O3S/c1-5-12-8-13-9-16(19(24)15(13)10-17(12)21)18-7-6-14(11-22-18)27(25,26)23-20(2,3)4/h6-8,10-11,23-24H,5,9H2,1-4H3. The van der Waals surface area contributed by atoms with Crippen LogP contribution in [0.25, 0.3) is 11.3 Å². The van der Waals surface area contributed by atoms with E-state index in [1.54, 1.807) is 32.9 Å². The highest BCUT2D eigenvalue weighted by molar-refractivity contribution is 7.89. The summed E-state index contributed by atoms with van der Waals surface area (Å²) in [6.07, 6.45) is 2.26. The zero-order chi connectivity index (χ0) is 20.0. The molecule has 7 heteroatoms. The quantitative estimate of drug-likeness (QED) is 0.831. The van der Waals surface area contributed by atoms with Gasteiger partial charge < -0.3 is 5.11 Å². The van der Waals surface area contributed by atoms with Crippen molar-refractivity contribution in [3.05, 3.63) is 58.7 Å². The molecule has 0 unspecified atom stereocenters. The minimum Gasteiger partial charge on any atom is -0.507 e. The van der Waals surface area contributed by atoms with Crippen molar-refractivity contribution in [1.82, 2.24) is 9.71 Å². The average molecular weight is 390 g/mol. The first-order chi connectivity index (χ1) is 12.5. The second-order valence-corrected chi connectivity index (χ2v) is 9.38. The van der Waals surface area contributed by atoms with Crippen LogP contribution in [0.2, 0.25) is 0 Å². The molecule has 0 atom stereocenters. The van der Waals surface area contributed by atoms with Crippen LogP contribution in [0.1, 0.15) is 50.1 Å². The third-order valence-corrected chi connectivity index (χ3v) is 6.10. The highest BCUT2D eigenvalue weighted by Crippen LogP contribution is 2.37. The van der Waals surface area contributed by atoms with Crippen molar-refractivity contribution in [1.29, 1.82) is 0 Å². The molecule has 27 heavy (non-hydrogen) atoms. The minimum atomic E-state index is -3.68. The highest BCUT2D eigenvalue weighted by atomic mass is 32.2. The number of hydrogen-bond acceptors (Lipinski definition) is 4. The van der Waals surface area contributed by atoms with E-state index in [2.05, 4.69) is 9.71 Å². The number of halogens is 1. The Kier molecular flexibility index (Phi) is 4.86. The number of aryl methyl sites for hydroxylation is 1. The molecular formula is C20H23FN2O3S. The third kappa shape index (κ3) is 3.89. The van der Waals surface area contributed by atoms with E-state index in [1.807, 2.05) is 6.92 Å². The van der Waals surface area contributed by atoms with E-state index in [1.165, 1.54) is 18.3 Å². The van der Waals surface area contributed by atoms with E-state index in [4.69, 9.17) is 0 Å². The fraction of sp³-hybridized carbons (Fsp3) is 0.350. The van der Waals surface area contributed by atoms with Crippen LogP contribution >= 0.6 is 0 Å². The van der Waals surface area contributed by atoms with Crippen LogP contribution in [0.15, 0.2) is 35.4 Å². The summed E-state index contributed by atoms with van der Waals surface area (Å²) in [6.45, 7) is 7.15. The van der Waals surface area contributed by atoms with Gasteiger partial charge in [0.2, 0.25) is 10.0 Å². The zero-order valence-corrected chi connectivity index (χ0v) is 16.6. The van der Waals surface area contributed by atoms with Crippen molar-refractivity contribution >= 4 is 21.4 Å². The van der Waals surface area contributed by atoms with E-state index in [0.717, 1.165) is 5.56 Å². The topological polar surface area (TPSA) is 79.3 Å². The van der Waals surface area contributed by atoms with E-state index < -0.39 is 15.6 Å². The van der Waals surface area contributed by atoms with Gasteiger partial charge in [-0.1, -0.05) is 13.0 Å². The van der Waals surface area contributed by atoms with Crippen molar-refractivity contribution in [3.8, 4) is 0 Å². The highest BCUT2D eigenvalue weighted by Gasteiger charge is 2.26. The fourth-order valence-corrected chi connectivity index (χ4v) is 4.50. The van der Waals surface area contributed by atoms with Crippen LogP contribution in [-0.2, 0) is 22.9 Å². The molecule has 1 heterocycles. The summed E-state index contributed by atoms with van der Waals surface area (Å²) in [5, 5.41) is 10.5. The van der Waals surface area contributed by atoms with Crippen LogP contribution in [-0.4, -0.2) is 24.0 Å². The molecule has 3 rings (SSSR count). The lowest BCUT2D eigenvalue weighted by molar-refractivity contribution is 0.491. The predicted molar refractivity (Wildman–Crippen MR) is 103 cm³/mol. The average Bonchev–Trinajstić information content (AvgIpc) is 2.88. The number of aliphatic hydroxyl groups excluding tert-OH is 1. The van der Waals surface area contributed by atoms with Crippen molar-refractivity contribution < 1.29 is 17.9 Å². The molecule has 0 bridgehead atoms. The lowest BCUT2D eigenvalue weighted by atomic mass is 10.0. The Balaban J connectivity index is 1.92. The summed E-state index contributed by atoms with van der Waals surface area (Å²) in [4.78, 5) is 4.28. The maximum absolute atomic E-state index is 14.0. The van der Waals surface area contributed by atoms with Crippen LogP contribution in [0.3, 0.4) is 0 Å². The Labute approximate surface area is 159 Å². The largest absolute Gasteiger partial charge is 0.507 e. The van der Waals surface area contributed by atoms with Gasteiger partial charge in [0.15, 0.2) is 0 Å². The number of aromatic nitrogens is 1. The molecule has 5 nitrogen and oxygen atoms in total. The molecule has 0 saturated carbocycles. The second-order valence-electron chi connectivity index (χ2n) is 7.69. The summed E-state index contributed by atoms with van der Waals surface area (Å²) < 4.78 is 41.4. The SMILES string of the molecule is CCc1cc2c(cc1F)C(O)=C(c1ccc(S(=O)(=O)NC(C)(C)C)cn1)C2. The van der Waals surface area contributed by atoms with Gasteiger partial charge in [0.05, 0.1) is 5.69 Å². The van der Waals surface area contributed by atoms with Gasteiger partial charge in [-0.3, -0.25) is 4.98 Å². The number of nitrogens with zero attached hydrogens (tertiary/aromatic N) is 1. The zero-order valence-electron chi connectivity index (χ0n) is 15.8. The van der Waals surface area contributed by atoms with Gasteiger partial charge in [0.25, 0.3) is 0 Å². The second kappa shape index (κ2) is 6.73. The van der Waals surface area contributed by atoms with Crippen LogP contribution in [0, 0.1) is 5.82 Å². The summed E-state index contributed by atoms with van der Waals surface area (Å²) in [5.41, 5.74) is 2.33. The number of aliphatic hydroxyl groups is 1. The van der Waals surface area contributed by atoms with E-state index in [0.29, 0.717) is 35.2 Å². The number of fused-ring (bicyclic) bond motifs is 1. The van der Waals surface area contributed by atoms with Crippen LogP contribution in [0.5, 0.6) is 0 Å². The van der Waals surface area contributed by atoms with Gasteiger partial charge in [0.1, 0.15) is 16.5 Å². The van der Waals surface area contributed by atoms with Crippen LogP contribution < -0.4 is 4.72 Å². The maximum Gasteiger partial charge on any atom is 0.242 e. The molecule has 1 aromatic carbocycles. The lowest BCUT2D eigenvalue weighted by Gasteiger charge is -2.20. The van der Waals surface area contributed by atoms with Crippen LogP contribution in [0.4, 0.5) is 4.39 Å². The maximum atomic E-state index is 14.0. The molecule has 0 spiro atoms. The number of nitrogens with one attached hydrogen (secondary N) is 1. The van der Waals surface area contributed by atoms with E-state index in [9.17, 15) is 17.9 Å². The van der Waals surface area contributed by atoms with E-state index in [-0.39, 0.29) is 16.5 Å². The molecule has 1 aromatic heterocycles. The Bertz CT molecular complexity index is 1020. The van der Waals surface area contributed by atoms with E-state index >= 15 is 0 Å². The molecule has 0 aliphatic heterocycles. The normalized spacial score (nSPS) is 14.6. The molecule has 0 radical (unpaired) electrons. The first-order valence-corrected chi connectivity index (χ1v) is 10.2. The van der Waals surface area contributed by atoms with Gasteiger partial charge in [-0.25, -0.2) is 17.5 Å². The summed E-state index contributed by atoms with van der Waals surface area (Å²) >= 11 is 0. The van der Waals surface area contributed by atoms with Gasteiger partial charge in [0, 0.05) is 29.3 Å². The summed E-state index contributed by atoms with van der Waals surface area (Å²) in [5.74, 6) is -0.353. The number of pyridine rings is 1. The predicted octanol–water partition coefficient (Wildman–Crippen LogP) is 3.84. The lowest BCUT2D eigenvalue weighted by Crippen LogP contribution is -2.40. The molecule has 0 amide bonds. The van der Waals surface area contributed by atoms with Crippen molar-refractivity contribution in [3.63, 3.8) is 0 Å². The Morgan fingerprint density at radius 1 is 1.26 bits per heavy atom. The van der Waals surface area contributed by atoms with Crippen molar-refractivity contribution in [2.45, 2.75) is 51.0 Å².